The molecule has 2 aromatic carbocycles. The number of hydrogen-bond donors (Lipinski definition) is 1. The fraction of sp³-hybridized carbons (Fsp3) is 0.235. The van der Waals surface area contributed by atoms with Gasteiger partial charge in [0, 0.05) is 32.4 Å². The Morgan fingerprint density at radius 3 is 2.24 bits per heavy atom. The highest BCUT2D eigenvalue weighted by molar-refractivity contribution is 14.1. The highest BCUT2D eigenvalue weighted by Crippen LogP contribution is 2.22. The minimum Gasteiger partial charge on any atom is -0.322 e. The van der Waals surface area contributed by atoms with Crippen molar-refractivity contribution in [3.05, 3.63) is 56.1 Å². The molecule has 8 heteroatoms. The van der Waals surface area contributed by atoms with Crippen molar-refractivity contribution in [3.8, 4) is 0 Å². The zero-order valence-corrected chi connectivity index (χ0v) is 18.4. The van der Waals surface area contributed by atoms with Gasteiger partial charge in [0.05, 0.1) is 4.90 Å². The molecule has 0 aromatic heterocycles. The second-order valence-electron chi connectivity index (χ2n) is 5.20. The van der Waals surface area contributed by atoms with Gasteiger partial charge < -0.3 is 5.32 Å². The fourth-order valence-electron chi connectivity index (χ4n) is 2.26. The van der Waals surface area contributed by atoms with Gasteiger partial charge in [0.15, 0.2) is 0 Å². The van der Waals surface area contributed by atoms with E-state index in [1.807, 2.05) is 6.07 Å². The molecule has 1 N–H and O–H groups in total. The van der Waals surface area contributed by atoms with Crippen LogP contribution in [0.4, 0.5) is 5.69 Å². The first-order chi connectivity index (χ1) is 11.8. The van der Waals surface area contributed by atoms with Crippen molar-refractivity contribution in [1.29, 1.82) is 0 Å². The number of carbonyl (C=O) groups is 1. The topological polar surface area (TPSA) is 66.5 Å². The molecule has 0 atom stereocenters. The number of anilines is 1. The van der Waals surface area contributed by atoms with Crippen LogP contribution in [0.15, 0.2) is 51.8 Å². The molecule has 0 heterocycles. The van der Waals surface area contributed by atoms with Crippen molar-refractivity contribution in [2.24, 2.45) is 0 Å². The first-order valence-electron chi connectivity index (χ1n) is 7.66. The highest BCUT2D eigenvalue weighted by atomic mass is 127. The highest BCUT2D eigenvalue weighted by Gasteiger charge is 2.21. The molecule has 0 radical (unpaired) electrons. The number of rotatable bonds is 6. The summed E-state index contributed by atoms with van der Waals surface area (Å²) in [5.41, 5.74) is 1.08. The van der Waals surface area contributed by atoms with E-state index in [-0.39, 0.29) is 10.8 Å². The van der Waals surface area contributed by atoms with Crippen LogP contribution in [0, 0.1) is 3.57 Å². The maximum Gasteiger partial charge on any atom is 0.255 e. The van der Waals surface area contributed by atoms with Gasteiger partial charge in [-0.3, -0.25) is 4.79 Å². The summed E-state index contributed by atoms with van der Waals surface area (Å²) < 4.78 is 28.2. The lowest BCUT2D eigenvalue weighted by Crippen LogP contribution is -2.30. The van der Waals surface area contributed by atoms with Gasteiger partial charge in [0.25, 0.3) is 5.91 Å². The third-order valence-corrected chi connectivity index (χ3v) is 8.03. The Hall–Kier alpha value is -0.970. The molecule has 0 spiro atoms. The first-order valence-corrected chi connectivity index (χ1v) is 11.0. The van der Waals surface area contributed by atoms with Crippen molar-refractivity contribution < 1.29 is 13.2 Å². The van der Waals surface area contributed by atoms with Gasteiger partial charge in [-0.1, -0.05) is 13.8 Å². The van der Waals surface area contributed by atoms with Crippen LogP contribution in [0.1, 0.15) is 24.2 Å². The van der Waals surface area contributed by atoms with Crippen LogP contribution in [0.5, 0.6) is 0 Å². The maximum absolute atomic E-state index is 12.5. The van der Waals surface area contributed by atoms with Gasteiger partial charge in [-0.05, 0) is 81.0 Å². The number of hydrogen-bond acceptors (Lipinski definition) is 3. The number of halogens is 2. The van der Waals surface area contributed by atoms with Crippen LogP contribution in [0.2, 0.25) is 0 Å². The summed E-state index contributed by atoms with van der Waals surface area (Å²) in [7, 11) is -3.49. The third-order valence-electron chi connectivity index (χ3n) is 3.64. The smallest absolute Gasteiger partial charge is 0.255 e. The molecule has 0 aliphatic rings. The summed E-state index contributed by atoms with van der Waals surface area (Å²) >= 11 is 5.54. The van der Waals surface area contributed by atoms with E-state index in [4.69, 9.17) is 0 Å². The van der Waals surface area contributed by atoms with E-state index in [2.05, 4.69) is 43.8 Å². The van der Waals surface area contributed by atoms with Crippen LogP contribution in [-0.4, -0.2) is 31.7 Å². The lowest BCUT2D eigenvalue weighted by Gasteiger charge is -2.18. The Bertz CT molecular complexity index is 866. The zero-order valence-electron chi connectivity index (χ0n) is 13.8. The molecular formula is C17H18BrIN2O3S. The average Bonchev–Trinajstić information content (AvgIpc) is 2.58. The van der Waals surface area contributed by atoms with Crippen molar-refractivity contribution in [2.75, 3.05) is 18.4 Å². The zero-order chi connectivity index (χ0) is 18.6. The molecule has 0 saturated carbocycles. The van der Waals surface area contributed by atoms with Gasteiger partial charge >= 0.3 is 0 Å². The molecule has 0 aliphatic heterocycles. The largest absolute Gasteiger partial charge is 0.322 e. The molecule has 0 aliphatic carbocycles. The Kier molecular flexibility index (Phi) is 7.01. The van der Waals surface area contributed by atoms with Crippen molar-refractivity contribution >= 4 is 60.1 Å². The monoisotopic (exact) mass is 536 g/mol. The Morgan fingerprint density at radius 2 is 1.72 bits per heavy atom. The normalized spacial score (nSPS) is 11.6. The SMILES string of the molecule is CCN(CC)S(=O)(=O)c1ccc(NC(=O)c2ccc(Br)c(I)c2)cc1. The Morgan fingerprint density at radius 1 is 1.12 bits per heavy atom. The summed E-state index contributed by atoms with van der Waals surface area (Å²) in [6.07, 6.45) is 0. The lowest BCUT2D eigenvalue weighted by molar-refractivity contribution is 0.102. The Labute approximate surface area is 170 Å². The standard InChI is InChI=1S/C17H18BrIN2O3S/c1-3-21(4-2)25(23,24)14-8-6-13(7-9-14)20-17(22)12-5-10-15(18)16(19)11-12/h5-11H,3-4H2,1-2H3,(H,20,22). The second-order valence-corrected chi connectivity index (χ2v) is 9.15. The van der Waals surface area contributed by atoms with Gasteiger partial charge in [0.1, 0.15) is 0 Å². The van der Waals surface area contributed by atoms with E-state index in [9.17, 15) is 13.2 Å². The molecule has 0 saturated heterocycles. The fourth-order valence-corrected chi connectivity index (χ4v) is 4.48. The first kappa shape index (κ1) is 20.3. The quantitative estimate of drug-likeness (QED) is 0.559. The molecule has 0 unspecified atom stereocenters. The number of carbonyl (C=O) groups excluding carboxylic acids is 1. The van der Waals surface area contributed by atoms with Gasteiger partial charge in [0.2, 0.25) is 10.0 Å². The summed E-state index contributed by atoms with van der Waals surface area (Å²) in [4.78, 5) is 12.5. The van der Waals surface area contributed by atoms with E-state index in [0.717, 1.165) is 8.04 Å². The van der Waals surface area contributed by atoms with Crippen LogP contribution >= 0.6 is 38.5 Å². The minimum atomic E-state index is -3.49. The van der Waals surface area contributed by atoms with E-state index in [1.165, 1.54) is 16.4 Å². The van der Waals surface area contributed by atoms with Gasteiger partial charge in [-0.25, -0.2) is 8.42 Å². The predicted molar refractivity (Wildman–Crippen MR) is 111 cm³/mol. The van der Waals surface area contributed by atoms with Crippen molar-refractivity contribution in [3.63, 3.8) is 0 Å². The van der Waals surface area contributed by atoms with Crippen LogP contribution in [0.3, 0.4) is 0 Å². The molecule has 2 rings (SSSR count). The summed E-state index contributed by atoms with van der Waals surface area (Å²) in [6, 6.07) is 11.5. The molecule has 2 aromatic rings. The van der Waals surface area contributed by atoms with Gasteiger partial charge in [-0.15, -0.1) is 0 Å². The molecule has 0 fully saturated rings. The summed E-state index contributed by atoms with van der Waals surface area (Å²) in [5.74, 6) is -0.246. The van der Waals surface area contributed by atoms with Crippen LogP contribution in [-0.2, 0) is 10.0 Å². The molecule has 0 bridgehead atoms. The molecule has 134 valence electrons. The third kappa shape index (κ3) is 4.81. The van der Waals surface area contributed by atoms with E-state index in [0.29, 0.717) is 24.3 Å². The van der Waals surface area contributed by atoms with E-state index >= 15 is 0 Å². The van der Waals surface area contributed by atoms with Crippen molar-refractivity contribution in [2.45, 2.75) is 18.7 Å². The van der Waals surface area contributed by atoms with E-state index in [1.54, 1.807) is 38.1 Å². The lowest BCUT2D eigenvalue weighted by atomic mass is 10.2. The minimum absolute atomic E-state index is 0.215. The summed E-state index contributed by atoms with van der Waals surface area (Å²) in [6.45, 7) is 4.43. The predicted octanol–water partition coefficient (Wildman–Crippen LogP) is 4.34. The van der Waals surface area contributed by atoms with E-state index < -0.39 is 10.0 Å². The number of sulfonamides is 1. The van der Waals surface area contributed by atoms with Crippen LogP contribution in [0.25, 0.3) is 0 Å². The second kappa shape index (κ2) is 8.61. The van der Waals surface area contributed by atoms with Crippen LogP contribution < -0.4 is 5.32 Å². The molecule has 25 heavy (non-hydrogen) atoms. The summed E-state index contributed by atoms with van der Waals surface area (Å²) in [5, 5.41) is 2.77. The average molecular weight is 537 g/mol. The Balaban J connectivity index is 2.17. The van der Waals surface area contributed by atoms with Gasteiger partial charge in [-0.2, -0.15) is 4.31 Å². The molecule has 5 nitrogen and oxygen atoms in total. The number of amides is 1. The number of nitrogens with one attached hydrogen (secondary N) is 1. The molecule has 1 amide bonds. The number of benzene rings is 2. The maximum atomic E-state index is 12.5. The van der Waals surface area contributed by atoms with Crippen molar-refractivity contribution in [1.82, 2.24) is 4.31 Å². The molecular weight excluding hydrogens is 519 g/mol. The number of nitrogens with zero attached hydrogens (tertiary/aromatic N) is 1.